The zero-order valence-electron chi connectivity index (χ0n) is 15.4. The van der Waals surface area contributed by atoms with Gasteiger partial charge in [-0.3, -0.25) is 4.79 Å². The highest BCUT2D eigenvalue weighted by atomic mass is 35.5. The fourth-order valence-electron chi connectivity index (χ4n) is 3.03. The van der Waals surface area contributed by atoms with Gasteiger partial charge in [0.05, 0.1) is 27.6 Å². The third-order valence-corrected chi connectivity index (χ3v) is 5.30. The van der Waals surface area contributed by atoms with Gasteiger partial charge in [-0.05, 0) is 30.3 Å². The summed E-state index contributed by atoms with van der Waals surface area (Å²) >= 11 is 12.0. The second-order valence-electron chi connectivity index (χ2n) is 6.51. The van der Waals surface area contributed by atoms with Gasteiger partial charge in [-0.2, -0.15) is 0 Å². The van der Waals surface area contributed by atoms with E-state index in [0.29, 0.717) is 21.4 Å². The number of benzene rings is 1. The summed E-state index contributed by atoms with van der Waals surface area (Å²) in [6, 6.07) is 10.5. The average Bonchev–Trinajstić information content (AvgIpc) is 2.77. The number of rotatable bonds is 4. The standard InChI is InChI=1S/C20H18Cl2N6O/c21-15-3-1-13(9-16(15)22)17-10-18(26-12-25-17)20(29)27-14-2-4-19(24-11-14)28-7-5-23-6-8-28/h1-4,9-12,23H,5-8H2,(H,27,29). The Kier molecular flexibility index (Phi) is 5.89. The van der Waals surface area contributed by atoms with Crippen LogP contribution in [-0.4, -0.2) is 47.0 Å². The lowest BCUT2D eigenvalue weighted by atomic mass is 10.1. The maximum absolute atomic E-state index is 12.6. The van der Waals surface area contributed by atoms with Crippen molar-refractivity contribution in [2.45, 2.75) is 0 Å². The highest BCUT2D eigenvalue weighted by molar-refractivity contribution is 6.42. The van der Waals surface area contributed by atoms with Crippen molar-refractivity contribution < 1.29 is 4.79 Å². The molecule has 1 aliphatic rings. The van der Waals surface area contributed by atoms with E-state index in [1.54, 1.807) is 30.5 Å². The van der Waals surface area contributed by atoms with E-state index in [9.17, 15) is 4.79 Å². The summed E-state index contributed by atoms with van der Waals surface area (Å²) in [4.78, 5) is 27.6. The molecular formula is C20H18Cl2N6O. The van der Waals surface area contributed by atoms with Crippen LogP contribution in [0.15, 0.2) is 48.9 Å². The minimum atomic E-state index is -0.342. The number of hydrogen-bond acceptors (Lipinski definition) is 6. The summed E-state index contributed by atoms with van der Waals surface area (Å²) in [6.45, 7) is 3.71. The van der Waals surface area contributed by atoms with Gasteiger partial charge in [-0.25, -0.2) is 15.0 Å². The van der Waals surface area contributed by atoms with E-state index in [1.807, 2.05) is 12.1 Å². The number of nitrogens with one attached hydrogen (secondary N) is 2. The molecule has 1 aliphatic heterocycles. The van der Waals surface area contributed by atoms with Crippen molar-refractivity contribution in [3.63, 3.8) is 0 Å². The molecule has 0 aliphatic carbocycles. The summed E-state index contributed by atoms with van der Waals surface area (Å²) in [5, 5.41) is 7.01. The maximum Gasteiger partial charge on any atom is 0.274 e. The van der Waals surface area contributed by atoms with Crippen LogP contribution in [0.4, 0.5) is 11.5 Å². The Hall–Kier alpha value is -2.74. The molecule has 0 atom stereocenters. The van der Waals surface area contributed by atoms with E-state index < -0.39 is 0 Å². The lowest BCUT2D eigenvalue weighted by Crippen LogP contribution is -2.43. The maximum atomic E-state index is 12.6. The molecule has 7 nitrogen and oxygen atoms in total. The summed E-state index contributed by atoms with van der Waals surface area (Å²) < 4.78 is 0. The molecular weight excluding hydrogens is 411 g/mol. The molecule has 0 unspecified atom stereocenters. The normalized spacial score (nSPS) is 13.9. The van der Waals surface area contributed by atoms with Gasteiger partial charge in [0, 0.05) is 31.7 Å². The molecule has 0 spiro atoms. The molecule has 1 amide bonds. The summed E-state index contributed by atoms with van der Waals surface area (Å²) in [5.74, 6) is 0.555. The van der Waals surface area contributed by atoms with Gasteiger partial charge >= 0.3 is 0 Å². The van der Waals surface area contributed by atoms with E-state index in [1.165, 1.54) is 6.33 Å². The van der Waals surface area contributed by atoms with E-state index >= 15 is 0 Å². The van der Waals surface area contributed by atoms with Crippen LogP contribution in [0.3, 0.4) is 0 Å². The molecule has 29 heavy (non-hydrogen) atoms. The van der Waals surface area contributed by atoms with Crippen molar-refractivity contribution >= 4 is 40.6 Å². The highest BCUT2D eigenvalue weighted by Crippen LogP contribution is 2.27. The zero-order chi connectivity index (χ0) is 20.2. The SMILES string of the molecule is O=C(Nc1ccc(N2CCNCC2)nc1)c1cc(-c2ccc(Cl)c(Cl)c2)ncn1. The van der Waals surface area contributed by atoms with Crippen LogP contribution in [0, 0.1) is 0 Å². The van der Waals surface area contributed by atoms with Crippen molar-refractivity contribution in [1.82, 2.24) is 20.3 Å². The molecule has 4 rings (SSSR count). The number of carbonyl (C=O) groups is 1. The van der Waals surface area contributed by atoms with Crippen molar-refractivity contribution in [3.8, 4) is 11.3 Å². The first-order valence-corrected chi connectivity index (χ1v) is 9.86. The lowest BCUT2D eigenvalue weighted by Gasteiger charge is -2.28. The summed E-state index contributed by atoms with van der Waals surface area (Å²) in [5.41, 5.74) is 2.17. The topological polar surface area (TPSA) is 83.0 Å². The smallest absolute Gasteiger partial charge is 0.274 e. The number of anilines is 2. The predicted octanol–water partition coefficient (Wildman–Crippen LogP) is 3.51. The Morgan fingerprint density at radius 1 is 1.00 bits per heavy atom. The number of pyridine rings is 1. The van der Waals surface area contributed by atoms with Crippen LogP contribution >= 0.6 is 23.2 Å². The number of halogens is 2. The molecule has 1 aromatic carbocycles. The van der Waals surface area contributed by atoms with Crippen molar-refractivity contribution in [2.75, 3.05) is 36.4 Å². The summed E-state index contributed by atoms with van der Waals surface area (Å²) in [7, 11) is 0. The minimum absolute atomic E-state index is 0.243. The molecule has 2 aromatic heterocycles. The average molecular weight is 429 g/mol. The molecule has 3 aromatic rings. The van der Waals surface area contributed by atoms with Gasteiger partial charge in [0.1, 0.15) is 17.8 Å². The van der Waals surface area contributed by atoms with Crippen molar-refractivity contribution in [2.24, 2.45) is 0 Å². The number of carbonyl (C=O) groups excluding carboxylic acids is 1. The molecule has 9 heteroatoms. The van der Waals surface area contributed by atoms with Crippen molar-refractivity contribution in [3.05, 3.63) is 64.7 Å². The number of hydrogen-bond donors (Lipinski definition) is 2. The molecule has 0 saturated carbocycles. The number of aromatic nitrogens is 3. The Bertz CT molecular complexity index is 1020. The molecule has 0 bridgehead atoms. The first-order chi connectivity index (χ1) is 14.1. The lowest BCUT2D eigenvalue weighted by molar-refractivity contribution is 0.102. The fourth-order valence-corrected chi connectivity index (χ4v) is 3.33. The van der Waals surface area contributed by atoms with Crippen LogP contribution in [0.1, 0.15) is 10.5 Å². The predicted molar refractivity (Wildman–Crippen MR) is 115 cm³/mol. The Morgan fingerprint density at radius 3 is 2.55 bits per heavy atom. The van der Waals surface area contributed by atoms with E-state index in [-0.39, 0.29) is 11.6 Å². The first-order valence-electron chi connectivity index (χ1n) is 9.11. The van der Waals surface area contributed by atoms with Crippen LogP contribution in [0.2, 0.25) is 10.0 Å². The Balaban J connectivity index is 1.47. The monoisotopic (exact) mass is 428 g/mol. The van der Waals surface area contributed by atoms with Gasteiger partial charge in [0.2, 0.25) is 0 Å². The minimum Gasteiger partial charge on any atom is -0.354 e. The Labute approximate surface area is 178 Å². The number of nitrogens with zero attached hydrogens (tertiary/aromatic N) is 4. The number of piperazine rings is 1. The third-order valence-electron chi connectivity index (χ3n) is 4.56. The molecule has 1 saturated heterocycles. The van der Waals surface area contributed by atoms with E-state index in [0.717, 1.165) is 37.6 Å². The molecule has 2 N–H and O–H groups in total. The van der Waals surface area contributed by atoms with Gasteiger partial charge < -0.3 is 15.5 Å². The van der Waals surface area contributed by atoms with E-state index in [4.69, 9.17) is 23.2 Å². The van der Waals surface area contributed by atoms with E-state index in [2.05, 4.69) is 30.5 Å². The highest BCUT2D eigenvalue weighted by Gasteiger charge is 2.14. The quantitative estimate of drug-likeness (QED) is 0.661. The molecule has 3 heterocycles. The van der Waals surface area contributed by atoms with Gasteiger partial charge in [-0.15, -0.1) is 0 Å². The number of amides is 1. The second-order valence-corrected chi connectivity index (χ2v) is 7.33. The van der Waals surface area contributed by atoms with Gasteiger partial charge in [-0.1, -0.05) is 29.3 Å². The van der Waals surface area contributed by atoms with Gasteiger partial charge in [0.15, 0.2) is 0 Å². The van der Waals surface area contributed by atoms with Crippen LogP contribution in [0.25, 0.3) is 11.3 Å². The fraction of sp³-hybridized carbons (Fsp3) is 0.200. The largest absolute Gasteiger partial charge is 0.354 e. The zero-order valence-corrected chi connectivity index (χ0v) is 16.9. The first kappa shape index (κ1) is 19.6. The van der Waals surface area contributed by atoms with Gasteiger partial charge in [0.25, 0.3) is 5.91 Å². The Morgan fingerprint density at radius 2 is 1.83 bits per heavy atom. The third kappa shape index (κ3) is 4.64. The summed E-state index contributed by atoms with van der Waals surface area (Å²) in [6.07, 6.45) is 2.99. The van der Waals surface area contributed by atoms with Crippen LogP contribution < -0.4 is 15.5 Å². The second kappa shape index (κ2) is 8.73. The molecule has 148 valence electrons. The molecule has 0 radical (unpaired) electrons. The molecule has 1 fully saturated rings. The van der Waals surface area contributed by atoms with Crippen LogP contribution in [0.5, 0.6) is 0 Å². The van der Waals surface area contributed by atoms with Crippen LogP contribution in [-0.2, 0) is 0 Å². The van der Waals surface area contributed by atoms with Crippen molar-refractivity contribution in [1.29, 1.82) is 0 Å².